The van der Waals surface area contributed by atoms with Crippen molar-refractivity contribution in [2.75, 3.05) is 33.4 Å². The Bertz CT molecular complexity index is 1270. The number of carbonyl (C=O) groups excluding carboxylic acids is 1. The summed E-state index contributed by atoms with van der Waals surface area (Å²) < 4.78 is 17.2. The lowest BCUT2D eigenvalue weighted by Gasteiger charge is -2.32. The lowest BCUT2D eigenvalue weighted by Crippen LogP contribution is -2.44. The standard InChI is InChI=1S/C28H30ClN3O4/c1-34-25-14-18(7-8-20(25)16-32-11-3-4-21(17-32)28(33)31-30)22-5-2-6-23(27(22)29)19-9-10-24-26(15-19)36-13-12-35-24/h2,5-10,14-15,21H,3-4,11-13,16-17,30H2,1H3,(H,31,33). The summed E-state index contributed by atoms with van der Waals surface area (Å²) in [6.07, 6.45) is 1.81. The second-order valence-electron chi connectivity index (χ2n) is 9.14. The van der Waals surface area contributed by atoms with Crippen LogP contribution in [-0.2, 0) is 11.3 Å². The number of likely N-dealkylation sites (tertiary alicyclic amines) is 1. The van der Waals surface area contributed by atoms with Crippen LogP contribution in [0.4, 0.5) is 0 Å². The molecule has 3 aromatic carbocycles. The molecule has 8 heteroatoms. The summed E-state index contributed by atoms with van der Waals surface area (Å²) in [5.74, 6) is 7.43. The number of ether oxygens (including phenoxy) is 3. The lowest BCUT2D eigenvalue weighted by molar-refractivity contribution is -0.126. The van der Waals surface area contributed by atoms with Gasteiger partial charge in [-0.25, -0.2) is 5.84 Å². The Hall–Kier alpha value is -3.26. The molecule has 3 aromatic rings. The highest BCUT2D eigenvalue weighted by Gasteiger charge is 2.26. The van der Waals surface area contributed by atoms with Crippen molar-refractivity contribution < 1.29 is 19.0 Å². The minimum atomic E-state index is -0.102. The molecule has 7 nitrogen and oxygen atoms in total. The summed E-state index contributed by atoms with van der Waals surface area (Å²) in [7, 11) is 1.68. The molecule has 2 heterocycles. The summed E-state index contributed by atoms with van der Waals surface area (Å²) in [5, 5.41) is 0.663. The van der Waals surface area contributed by atoms with Crippen LogP contribution in [0.5, 0.6) is 17.2 Å². The second-order valence-corrected chi connectivity index (χ2v) is 9.51. The molecule has 1 fully saturated rings. The average molecular weight is 508 g/mol. The van der Waals surface area contributed by atoms with E-state index >= 15 is 0 Å². The van der Waals surface area contributed by atoms with Gasteiger partial charge in [0.15, 0.2) is 11.5 Å². The van der Waals surface area contributed by atoms with Crippen molar-refractivity contribution in [1.29, 1.82) is 0 Å². The number of nitrogens with one attached hydrogen (secondary N) is 1. The van der Waals surface area contributed by atoms with E-state index in [0.29, 0.717) is 31.3 Å². The molecule has 188 valence electrons. The molecule has 36 heavy (non-hydrogen) atoms. The van der Waals surface area contributed by atoms with Crippen molar-refractivity contribution in [3.8, 4) is 39.5 Å². The zero-order valence-electron chi connectivity index (χ0n) is 20.3. The average Bonchev–Trinajstić information content (AvgIpc) is 2.93. The lowest BCUT2D eigenvalue weighted by atomic mass is 9.95. The summed E-state index contributed by atoms with van der Waals surface area (Å²) in [5.41, 5.74) is 7.14. The van der Waals surface area contributed by atoms with Gasteiger partial charge in [0.05, 0.1) is 18.1 Å². The van der Waals surface area contributed by atoms with Gasteiger partial charge in [0, 0.05) is 29.8 Å². The summed E-state index contributed by atoms with van der Waals surface area (Å²) in [6.45, 7) is 3.40. The van der Waals surface area contributed by atoms with Crippen LogP contribution in [-0.4, -0.2) is 44.2 Å². The van der Waals surface area contributed by atoms with Gasteiger partial charge < -0.3 is 14.2 Å². The van der Waals surface area contributed by atoms with Crippen LogP contribution in [0.15, 0.2) is 54.6 Å². The van der Waals surface area contributed by atoms with E-state index < -0.39 is 0 Å². The van der Waals surface area contributed by atoms with Crippen LogP contribution in [0, 0.1) is 5.92 Å². The highest BCUT2D eigenvalue weighted by atomic mass is 35.5. The number of hydrogen-bond donors (Lipinski definition) is 2. The summed E-state index contributed by atoms with van der Waals surface area (Å²) in [4.78, 5) is 14.3. The monoisotopic (exact) mass is 507 g/mol. The van der Waals surface area contributed by atoms with Crippen LogP contribution < -0.4 is 25.5 Å². The first kappa shape index (κ1) is 24.4. The van der Waals surface area contributed by atoms with E-state index in [1.165, 1.54) is 0 Å². The normalized spacial score (nSPS) is 17.5. The fraction of sp³-hybridized carbons (Fsp3) is 0.321. The van der Waals surface area contributed by atoms with E-state index in [-0.39, 0.29) is 11.8 Å². The number of benzene rings is 3. The number of rotatable bonds is 6. The molecule has 0 saturated carbocycles. The Kier molecular flexibility index (Phi) is 7.32. The topological polar surface area (TPSA) is 86.0 Å². The van der Waals surface area contributed by atoms with Gasteiger partial charge in [-0.2, -0.15) is 0 Å². The summed E-state index contributed by atoms with van der Waals surface area (Å²) >= 11 is 6.94. The molecule has 1 amide bonds. The highest BCUT2D eigenvalue weighted by Crippen LogP contribution is 2.41. The van der Waals surface area contributed by atoms with Crippen LogP contribution in [0.2, 0.25) is 5.02 Å². The van der Waals surface area contributed by atoms with Crippen molar-refractivity contribution in [2.24, 2.45) is 11.8 Å². The van der Waals surface area contributed by atoms with E-state index in [2.05, 4.69) is 22.5 Å². The van der Waals surface area contributed by atoms with Gasteiger partial charge in [-0.15, -0.1) is 0 Å². The van der Waals surface area contributed by atoms with Crippen molar-refractivity contribution in [1.82, 2.24) is 10.3 Å². The third kappa shape index (κ3) is 5.00. The Labute approximate surface area is 216 Å². The molecule has 0 aliphatic carbocycles. The van der Waals surface area contributed by atoms with Crippen molar-refractivity contribution in [2.45, 2.75) is 19.4 Å². The molecule has 1 unspecified atom stereocenters. The first-order valence-corrected chi connectivity index (χ1v) is 12.5. The molecule has 3 N–H and O–H groups in total. The van der Waals surface area contributed by atoms with Gasteiger partial charge in [-0.05, 0) is 48.7 Å². The Morgan fingerprint density at radius 2 is 1.81 bits per heavy atom. The van der Waals surface area contributed by atoms with Gasteiger partial charge in [-0.3, -0.25) is 15.1 Å². The van der Waals surface area contributed by atoms with Gasteiger partial charge in [-0.1, -0.05) is 48.0 Å². The predicted molar refractivity (Wildman–Crippen MR) is 140 cm³/mol. The molecule has 0 bridgehead atoms. The number of fused-ring (bicyclic) bond motifs is 1. The second kappa shape index (κ2) is 10.8. The molecular formula is C28H30ClN3O4. The Balaban J connectivity index is 1.40. The largest absolute Gasteiger partial charge is 0.496 e. The maximum Gasteiger partial charge on any atom is 0.238 e. The first-order chi connectivity index (χ1) is 17.6. The molecule has 2 aliphatic heterocycles. The maximum atomic E-state index is 12.0. The number of nitrogens with two attached hydrogens (primary N) is 1. The number of hydrogen-bond acceptors (Lipinski definition) is 6. The van der Waals surface area contributed by atoms with Crippen molar-refractivity contribution >= 4 is 17.5 Å². The van der Waals surface area contributed by atoms with Crippen LogP contribution in [0.3, 0.4) is 0 Å². The quantitative estimate of drug-likeness (QED) is 0.287. The molecule has 5 rings (SSSR count). The molecular weight excluding hydrogens is 478 g/mol. The van der Waals surface area contributed by atoms with E-state index in [1.807, 2.05) is 42.5 Å². The number of piperidine rings is 1. The zero-order valence-corrected chi connectivity index (χ0v) is 21.0. The SMILES string of the molecule is COc1cc(-c2cccc(-c3ccc4c(c3)OCCO4)c2Cl)ccc1CN1CCCC(C(=O)NN)C1. The number of nitrogens with zero attached hydrogens (tertiary/aromatic N) is 1. The molecule has 1 atom stereocenters. The minimum absolute atomic E-state index is 0.0869. The molecule has 0 radical (unpaired) electrons. The third-order valence-corrected chi connectivity index (χ3v) is 7.27. The predicted octanol–water partition coefficient (Wildman–Crippen LogP) is 4.66. The fourth-order valence-electron chi connectivity index (χ4n) is 5.00. The van der Waals surface area contributed by atoms with Crippen molar-refractivity contribution in [3.05, 3.63) is 65.2 Å². The first-order valence-electron chi connectivity index (χ1n) is 12.2. The van der Waals surface area contributed by atoms with Gasteiger partial charge >= 0.3 is 0 Å². The smallest absolute Gasteiger partial charge is 0.238 e. The number of halogens is 1. The minimum Gasteiger partial charge on any atom is -0.496 e. The maximum absolute atomic E-state index is 12.0. The Morgan fingerprint density at radius 3 is 2.56 bits per heavy atom. The number of amides is 1. The van der Waals surface area contributed by atoms with Crippen molar-refractivity contribution in [3.63, 3.8) is 0 Å². The van der Waals surface area contributed by atoms with E-state index in [9.17, 15) is 4.79 Å². The van der Waals surface area contributed by atoms with Gasteiger partial charge in [0.25, 0.3) is 0 Å². The van der Waals surface area contributed by atoms with Gasteiger partial charge in [0.2, 0.25) is 5.91 Å². The number of hydrazine groups is 1. The van der Waals surface area contributed by atoms with Gasteiger partial charge in [0.1, 0.15) is 19.0 Å². The van der Waals surface area contributed by atoms with Crippen LogP contribution in [0.25, 0.3) is 22.3 Å². The van der Waals surface area contributed by atoms with E-state index in [4.69, 9.17) is 31.7 Å². The molecule has 1 saturated heterocycles. The van der Waals surface area contributed by atoms with E-state index in [0.717, 1.165) is 64.5 Å². The summed E-state index contributed by atoms with van der Waals surface area (Å²) in [6, 6.07) is 18.1. The number of methoxy groups -OCH3 is 1. The molecule has 2 aliphatic rings. The Morgan fingerprint density at radius 1 is 1.08 bits per heavy atom. The van der Waals surface area contributed by atoms with E-state index in [1.54, 1.807) is 7.11 Å². The fourth-order valence-corrected chi connectivity index (χ4v) is 5.35. The highest BCUT2D eigenvalue weighted by molar-refractivity contribution is 6.36. The third-order valence-electron chi connectivity index (χ3n) is 6.86. The molecule has 0 spiro atoms. The number of carbonyl (C=O) groups is 1. The van der Waals surface area contributed by atoms with Crippen LogP contribution >= 0.6 is 11.6 Å². The zero-order chi connectivity index (χ0) is 25.1. The van der Waals surface area contributed by atoms with Crippen LogP contribution in [0.1, 0.15) is 18.4 Å². The molecule has 0 aromatic heterocycles.